The summed E-state index contributed by atoms with van der Waals surface area (Å²) in [6, 6.07) is 14.5. The number of fused-ring (bicyclic) bond motifs is 1. The first kappa shape index (κ1) is 16.7. The van der Waals surface area contributed by atoms with Gasteiger partial charge in [0, 0.05) is 35.9 Å². The van der Waals surface area contributed by atoms with Crippen molar-refractivity contribution in [2.24, 2.45) is 0 Å². The zero-order chi connectivity index (χ0) is 18.8. The fraction of sp³-hybridized carbons (Fsp3) is 0.0500. The Bertz CT molecular complexity index is 1170. The Morgan fingerprint density at radius 2 is 1.96 bits per heavy atom. The van der Waals surface area contributed by atoms with Crippen LogP contribution in [0.3, 0.4) is 0 Å². The SMILES string of the molecule is O=C(NCc1ccc(-n2cccn2)cc1)c1cc(=O)[nH]c2ccc(F)cc12. The third-order valence-electron chi connectivity index (χ3n) is 4.21. The number of H-pyrrole nitrogens is 1. The Morgan fingerprint density at radius 3 is 2.70 bits per heavy atom. The maximum atomic E-state index is 13.6. The Balaban J connectivity index is 1.54. The van der Waals surface area contributed by atoms with Crippen molar-refractivity contribution >= 4 is 16.8 Å². The molecular weight excluding hydrogens is 347 g/mol. The predicted molar refractivity (Wildman–Crippen MR) is 99.3 cm³/mol. The number of nitrogens with one attached hydrogen (secondary N) is 2. The minimum atomic E-state index is -0.474. The molecule has 0 aliphatic heterocycles. The molecule has 0 saturated carbocycles. The molecule has 0 bridgehead atoms. The molecular formula is C20H15FN4O2. The molecule has 0 spiro atoms. The third-order valence-corrected chi connectivity index (χ3v) is 4.21. The summed E-state index contributed by atoms with van der Waals surface area (Å²) in [5, 5.41) is 7.29. The molecule has 2 aromatic heterocycles. The van der Waals surface area contributed by atoms with Crippen molar-refractivity contribution in [2.45, 2.75) is 6.54 Å². The number of benzene rings is 2. The summed E-state index contributed by atoms with van der Waals surface area (Å²) in [6.07, 6.45) is 3.54. The van der Waals surface area contributed by atoms with Crippen LogP contribution in [0.25, 0.3) is 16.6 Å². The van der Waals surface area contributed by atoms with Crippen molar-refractivity contribution in [3.05, 3.63) is 94.3 Å². The van der Waals surface area contributed by atoms with Crippen molar-refractivity contribution in [1.82, 2.24) is 20.1 Å². The summed E-state index contributed by atoms with van der Waals surface area (Å²) in [5.74, 6) is -0.911. The summed E-state index contributed by atoms with van der Waals surface area (Å²) < 4.78 is 15.3. The zero-order valence-corrected chi connectivity index (χ0v) is 14.1. The van der Waals surface area contributed by atoms with Crippen molar-refractivity contribution in [3.8, 4) is 5.69 Å². The van der Waals surface area contributed by atoms with Gasteiger partial charge in [-0.3, -0.25) is 9.59 Å². The minimum absolute atomic E-state index is 0.140. The Hall–Kier alpha value is -3.74. The number of nitrogens with zero attached hydrogens (tertiary/aromatic N) is 2. The van der Waals surface area contributed by atoms with Gasteiger partial charge in [0.15, 0.2) is 0 Å². The van der Waals surface area contributed by atoms with E-state index >= 15 is 0 Å². The van der Waals surface area contributed by atoms with E-state index in [0.29, 0.717) is 10.9 Å². The van der Waals surface area contributed by atoms with Crippen LogP contribution in [0.15, 0.2) is 71.8 Å². The quantitative estimate of drug-likeness (QED) is 0.586. The Kier molecular flexibility index (Phi) is 4.25. The second kappa shape index (κ2) is 6.87. The summed E-state index contributed by atoms with van der Waals surface area (Å²) in [6.45, 7) is 0.280. The number of aromatic amines is 1. The van der Waals surface area contributed by atoms with E-state index in [4.69, 9.17) is 0 Å². The van der Waals surface area contributed by atoms with Crippen molar-refractivity contribution in [2.75, 3.05) is 0 Å². The highest BCUT2D eigenvalue weighted by Gasteiger charge is 2.12. The molecule has 0 unspecified atom stereocenters. The molecule has 2 heterocycles. The van der Waals surface area contributed by atoms with Crippen LogP contribution in [0.5, 0.6) is 0 Å². The van der Waals surface area contributed by atoms with Gasteiger partial charge in [-0.15, -0.1) is 0 Å². The van der Waals surface area contributed by atoms with Crippen LogP contribution in [0, 0.1) is 5.82 Å². The zero-order valence-electron chi connectivity index (χ0n) is 14.1. The van der Waals surface area contributed by atoms with Gasteiger partial charge in [0.1, 0.15) is 5.82 Å². The number of halogens is 1. The predicted octanol–water partition coefficient (Wildman–Crippen LogP) is 2.78. The van der Waals surface area contributed by atoms with Crippen LogP contribution in [0.2, 0.25) is 0 Å². The number of hydrogen-bond donors (Lipinski definition) is 2. The normalized spacial score (nSPS) is 10.9. The van der Waals surface area contributed by atoms with E-state index in [1.807, 2.05) is 36.5 Å². The molecule has 4 aromatic rings. The van der Waals surface area contributed by atoms with Crippen molar-refractivity contribution in [1.29, 1.82) is 0 Å². The molecule has 1 amide bonds. The number of hydrogen-bond acceptors (Lipinski definition) is 3. The minimum Gasteiger partial charge on any atom is -0.348 e. The molecule has 6 nitrogen and oxygen atoms in total. The first-order valence-corrected chi connectivity index (χ1v) is 8.30. The fourth-order valence-electron chi connectivity index (χ4n) is 2.88. The van der Waals surface area contributed by atoms with Crippen molar-refractivity contribution in [3.63, 3.8) is 0 Å². The summed E-state index contributed by atoms with van der Waals surface area (Å²) >= 11 is 0. The number of rotatable bonds is 4. The number of aromatic nitrogens is 3. The number of pyridine rings is 1. The van der Waals surface area contributed by atoms with Gasteiger partial charge in [0.25, 0.3) is 5.91 Å². The third kappa shape index (κ3) is 3.48. The van der Waals surface area contributed by atoms with Crippen LogP contribution >= 0.6 is 0 Å². The molecule has 4 rings (SSSR count). The van der Waals surface area contributed by atoms with Gasteiger partial charge in [-0.25, -0.2) is 9.07 Å². The molecule has 2 aromatic carbocycles. The van der Waals surface area contributed by atoms with E-state index in [1.165, 1.54) is 24.3 Å². The Morgan fingerprint density at radius 1 is 1.15 bits per heavy atom. The smallest absolute Gasteiger partial charge is 0.252 e. The molecule has 2 N–H and O–H groups in total. The van der Waals surface area contributed by atoms with E-state index < -0.39 is 17.3 Å². The van der Waals surface area contributed by atoms with Gasteiger partial charge in [0.05, 0.1) is 11.3 Å². The van der Waals surface area contributed by atoms with Crippen LogP contribution in [-0.2, 0) is 6.54 Å². The van der Waals surface area contributed by atoms with Crippen LogP contribution < -0.4 is 10.9 Å². The highest BCUT2D eigenvalue weighted by Crippen LogP contribution is 2.17. The van der Waals surface area contributed by atoms with E-state index in [2.05, 4.69) is 15.4 Å². The highest BCUT2D eigenvalue weighted by atomic mass is 19.1. The lowest BCUT2D eigenvalue weighted by Crippen LogP contribution is -2.24. The number of carbonyl (C=O) groups excluding carboxylic acids is 1. The lowest BCUT2D eigenvalue weighted by atomic mass is 10.1. The maximum absolute atomic E-state index is 13.6. The van der Waals surface area contributed by atoms with Gasteiger partial charge in [-0.2, -0.15) is 5.10 Å². The molecule has 134 valence electrons. The van der Waals surface area contributed by atoms with Gasteiger partial charge in [-0.1, -0.05) is 12.1 Å². The summed E-state index contributed by atoms with van der Waals surface area (Å²) in [4.78, 5) is 26.9. The molecule has 0 atom stereocenters. The standard InChI is InChI=1S/C20H15FN4O2/c21-14-4-7-18-16(10-14)17(11-19(26)24-18)20(27)22-12-13-2-5-15(6-3-13)25-9-1-8-23-25/h1-11H,12H2,(H,22,27)(H,24,26). The van der Waals surface area contributed by atoms with E-state index in [9.17, 15) is 14.0 Å². The van der Waals surface area contributed by atoms with Crippen LogP contribution in [0.4, 0.5) is 4.39 Å². The number of carbonyl (C=O) groups is 1. The van der Waals surface area contributed by atoms with Gasteiger partial charge >= 0.3 is 0 Å². The first-order valence-electron chi connectivity index (χ1n) is 8.30. The molecule has 7 heteroatoms. The number of amides is 1. The summed E-state index contributed by atoms with van der Waals surface area (Å²) in [7, 11) is 0. The molecule has 0 aliphatic carbocycles. The monoisotopic (exact) mass is 362 g/mol. The topological polar surface area (TPSA) is 79.8 Å². The lowest BCUT2D eigenvalue weighted by molar-refractivity contribution is 0.0952. The second-order valence-electron chi connectivity index (χ2n) is 6.04. The maximum Gasteiger partial charge on any atom is 0.252 e. The highest BCUT2D eigenvalue weighted by molar-refractivity contribution is 6.05. The molecule has 0 aliphatic rings. The Labute approximate surface area is 153 Å². The van der Waals surface area contributed by atoms with E-state index in [1.54, 1.807) is 10.9 Å². The van der Waals surface area contributed by atoms with E-state index in [0.717, 1.165) is 11.3 Å². The lowest BCUT2D eigenvalue weighted by Gasteiger charge is -2.09. The fourth-order valence-corrected chi connectivity index (χ4v) is 2.88. The molecule has 27 heavy (non-hydrogen) atoms. The van der Waals surface area contributed by atoms with Crippen LogP contribution in [0.1, 0.15) is 15.9 Å². The second-order valence-corrected chi connectivity index (χ2v) is 6.04. The molecule has 0 fully saturated rings. The van der Waals surface area contributed by atoms with Gasteiger partial charge < -0.3 is 10.3 Å². The van der Waals surface area contributed by atoms with Crippen LogP contribution in [-0.4, -0.2) is 20.7 Å². The first-order chi connectivity index (χ1) is 13.1. The van der Waals surface area contributed by atoms with Gasteiger partial charge in [0.2, 0.25) is 5.56 Å². The average Bonchev–Trinajstić information content (AvgIpc) is 3.21. The largest absolute Gasteiger partial charge is 0.348 e. The van der Waals surface area contributed by atoms with E-state index in [-0.39, 0.29) is 12.1 Å². The molecule has 0 radical (unpaired) electrons. The average molecular weight is 362 g/mol. The summed E-state index contributed by atoms with van der Waals surface area (Å²) in [5.41, 5.74) is 1.94. The van der Waals surface area contributed by atoms with Crippen molar-refractivity contribution < 1.29 is 9.18 Å². The van der Waals surface area contributed by atoms with Gasteiger partial charge in [-0.05, 0) is 42.0 Å². The molecule has 0 saturated heterocycles.